The fourth-order valence-corrected chi connectivity index (χ4v) is 2.41. The first-order valence-corrected chi connectivity index (χ1v) is 6.40. The van der Waals surface area contributed by atoms with Crippen molar-refractivity contribution in [3.8, 4) is 0 Å². The van der Waals surface area contributed by atoms with Gasteiger partial charge < -0.3 is 14.6 Å². The van der Waals surface area contributed by atoms with Gasteiger partial charge in [-0.15, -0.1) is 10.2 Å². The predicted molar refractivity (Wildman–Crippen MR) is 69.5 cm³/mol. The van der Waals surface area contributed by atoms with Crippen molar-refractivity contribution in [1.82, 2.24) is 25.1 Å². The Morgan fingerprint density at radius 2 is 2.16 bits per heavy atom. The summed E-state index contributed by atoms with van der Waals surface area (Å²) < 4.78 is 7.50. The van der Waals surface area contributed by atoms with Gasteiger partial charge in [-0.05, 0) is 24.6 Å². The van der Waals surface area contributed by atoms with Crippen molar-refractivity contribution in [3.63, 3.8) is 0 Å². The predicted octanol–water partition coefficient (Wildman–Crippen LogP) is 1.07. The molecular weight excluding hydrogens is 242 g/mol. The van der Waals surface area contributed by atoms with E-state index in [0.717, 1.165) is 30.3 Å². The summed E-state index contributed by atoms with van der Waals surface area (Å²) in [7, 11) is 1.69. The summed E-state index contributed by atoms with van der Waals surface area (Å²) in [6.07, 6.45) is 3.55. The number of rotatable bonds is 3. The first-order valence-electron chi connectivity index (χ1n) is 6.40. The minimum atomic E-state index is -0.0440. The summed E-state index contributed by atoms with van der Waals surface area (Å²) in [5, 5.41) is 12.1. The summed E-state index contributed by atoms with van der Waals surface area (Å²) in [6.45, 7) is 3.75. The van der Waals surface area contributed by atoms with Gasteiger partial charge in [0.1, 0.15) is 6.10 Å². The molecule has 0 saturated heterocycles. The highest BCUT2D eigenvalue weighted by atomic mass is 16.5. The van der Waals surface area contributed by atoms with Crippen molar-refractivity contribution in [3.05, 3.63) is 41.7 Å². The minimum absolute atomic E-state index is 0.0440. The topological polar surface area (TPSA) is 64.9 Å². The molecule has 19 heavy (non-hydrogen) atoms. The van der Waals surface area contributed by atoms with Crippen LogP contribution in [0.5, 0.6) is 0 Å². The lowest BCUT2D eigenvalue weighted by Gasteiger charge is -2.26. The van der Waals surface area contributed by atoms with Crippen LogP contribution in [0.25, 0.3) is 0 Å². The molecule has 2 unspecified atom stereocenters. The van der Waals surface area contributed by atoms with Crippen LogP contribution in [0.3, 0.4) is 0 Å². The molecule has 3 rings (SSSR count). The average molecular weight is 259 g/mol. The molecule has 2 aromatic rings. The van der Waals surface area contributed by atoms with E-state index in [4.69, 9.17) is 4.74 Å². The van der Waals surface area contributed by atoms with Crippen LogP contribution in [0.4, 0.5) is 0 Å². The summed E-state index contributed by atoms with van der Waals surface area (Å²) in [5.74, 6) is 1.83. The summed E-state index contributed by atoms with van der Waals surface area (Å²) >= 11 is 0. The lowest BCUT2D eigenvalue weighted by molar-refractivity contribution is 0.107. The van der Waals surface area contributed by atoms with Crippen molar-refractivity contribution in [2.45, 2.75) is 25.6 Å². The highest BCUT2D eigenvalue weighted by molar-refractivity contribution is 5.24. The second kappa shape index (κ2) is 5.07. The largest absolute Gasteiger partial charge is 0.374 e. The number of aromatic nitrogens is 4. The Morgan fingerprint density at radius 1 is 1.37 bits per heavy atom. The number of fused-ring (bicyclic) bond motifs is 1. The first kappa shape index (κ1) is 12.3. The molecule has 0 aliphatic carbocycles. The number of methoxy groups -OCH3 is 1. The van der Waals surface area contributed by atoms with E-state index in [1.165, 1.54) is 0 Å². The summed E-state index contributed by atoms with van der Waals surface area (Å²) in [6, 6.07) is 4.07. The molecule has 0 saturated carbocycles. The molecule has 0 fully saturated rings. The van der Waals surface area contributed by atoms with Crippen LogP contribution in [-0.4, -0.2) is 33.4 Å². The second-order valence-electron chi connectivity index (χ2n) is 4.61. The van der Waals surface area contributed by atoms with Gasteiger partial charge in [0.2, 0.25) is 0 Å². The molecule has 2 aromatic heterocycles. The number of hydrogen-bond donors (Lipinski definition) is 1. The highest BCUT2D eigenvalue weighted by Crippen LogP contribution is 2.26. The molecule has 1 aliphatic rings. The third kappa shape index (κ3) is 2.13. The van der Waals surface area contributed by atoms with Crippen LogP contribution in [-0.2, 0) is 11.3 Å². The van der Waals surface area contributed by atoms with Gasteiger partial charge >= 0.3 is 0 Å². The van der Waals surface area contributed by atoms with E-state index in [1.807, 2.05) is 19.1 Å². The number of pyridine rings is 1. The summed E-state index contributed by atoms with van der Waals surface area (Å²) in [5.41, 5.74) is 1.15. The molecule has 0 radical (unpaired) electrons. The van der Waals surface area contributed by atoms with E-state index in [1.54, 1.807) is 19.5 Å². The molecule has 1 N–H and O–H groups in total. The van der Waals surface area contributed by atoms with Gasteiger partial charge in [0, 0.05) is 32.6 Å². The third-order valence-electron chi connectivity index (χ3n) is 3.51. The number of ether oxygens (including phenoxy) is 1. The van der Waals surface area contributed by atoms with Crippen LogP contribution in [0, 0.1) is 0 Å². The number of hydrogen-bond acceptors (Lipinski definition) is 5. The van der Waals surface area contributed by atoms with Crippen molar-refractivity contribution < 1.29 is 4.74 Å². The van der Waals surface area contributed by atoms with Gasteiger partial charge in [-0.1, -0.05) is 0 Å². The Kier molecular flexibility index (Phi) is 3.27. The standard InChI is InChI=1S/C13H17N5O/c1-9(19-2)12-16-17-13-11(15-7-8-18(12)13)10-3-5-14-6-4-10/h3-6,9,11,15H,7-8H2,1-2H3. The van der Waals surface area contributed by atoms with Gasteiger partial charge in [0.05, 0.1) is 6.04 Å². The Labute approximate surface area is 111 Å². The molecule has 0 amide bonds. The second-order valence-corrected chi connectivity index (χ2v) is 4.61. The Hall–Kier alpha value is -1.79. The molecule has 6 nitrogen and oxygen atoms in total. The normalized spacial score (nSPS) is 20.0. The minimum Gasteiger partial charge on any atom is -0.374 e. The van der Waals surface area contributed by atoms with E-state index in [-0.39, 0.29) is 12.1 Å². The van der Waals surface area contributed by atoms with Gasteiger partial charge in [-0.3, -0.25) is 4.98 Å². The van der Waals surface area contributed by atoms with Gasteiger partial charge in [0.25, 0.3) is 0 Å². The van der Waals surface area contributed by atoms with E-state index >= 15 is 0 Å². The molecular formula is C13H17N5O. The van der Waals surface area contributed by atoms with Gasteiger partial charge in [-0.2, -0.15) is 0 Å². The van der Waals surface area contributed by atoms with Crippen LogP contribution in [0.1, 0.15) is 36.3 Å². The van der Waals surface area contributed by atoms with Gasteiger partial charge in [0.15, 0.2) is 11.6 Å². The maximum Gasteiger partial charge on any atom is 0.162 e. The maximum atomic E-state index is 5.35. The monoisotopic (exact) mass is 259 g/mol. The fraction of sp³-hybridized carbons (Fsp3) is 0.462. The molecule has 6 heteroatoms. The highest BCUT2D eigenvalue weighted by Gasteiger charge is 2.27. The Balaban J connectivity index is 2.00. The fourth-order valence-electron chi connectivity index (χ4n) is 2.41. The smallest absolute Gasteiger partial charge is 0.162 e. The maximum absolute atomic E-state index is 5.35. The Bertz CT molecular complexity index is 553. The first-order chi connectivity index (χ1) is 9.31. The zero-order chi connectivity index (χ0) is 13.2. The van der Waals surface area contributed by atoms with Crippen molar-refractivity contribution in [1.29, 1.82) is 0 Å². The van der Waals surface area contributed by atoms with E-state index < -0.39 is 0 Å². The lowest BCUT2D eigenvalue weighted by atomic mass is 10.1. The quantitative estimate of drug-likeness (QED) is 0.893. The SMILES string of the molecule is COC(C)c1nnc2n1CCNC2c1ccncc1. The average Bonchev–Trinajstić information content (AvgIpc) is 2.91. The third-order valence-corrected chi connectivity index (χ3v) is 3.51. The molecule has 3 heterocycles. The van der Waals surface area contributed by atoms with Crippen LogP contribution < -0.4 is 5.32 Å². The zero-order valence-corrected chi connectivity index (χ0v) is 11.1. The van der Waals surface area contributed by atoms with E-state index in [9.17, 15) is 0 Å². The van der Waals surface area contributed by atoms with Crippen molar-refractivity contribution in [2.24, 2.45) is 0 Å². The lowest BCUT2D eigenvalue weighted by Crippen LogP contribution is -2.35. The molecule has 2 atom stereocenters. The number of nitrogens with one attached hydrogen (secondary N) is 1. The molecule has 100 valence electrons. The molecule has 1 aliphatic heterocycles. The zero-order valence-electron chi connectivity index (χ0n) is 11.1. The van der Waals surface area contributed by atoms with Crippen LogP contribution >= 0.6 is 0 Å². The van der Waals surface area contributed by atoms with Crippen LogP contribution in [0.15, 0.2) is 24.5 Å². The summed E-state index contributed by atoms with van der Waals surface area (Å²) in [4.78, 5) is 4.05. The molecule has 0 aromatic carbocycles. The van der Waals surface area contributed by atoms with Gasteiger partial charge in [-0.25, -0.2) is 0 Å². The van der Waals surface area contributed by atoms with Crippen LogP contribution in [0.2, 0.25) is 0 Å². The molecule has 0 spiro atoms. The molecule has 0 bridgehead atoms. The Morgan fingerprint density at radius 3 is 2.89 bits per heavy atom. The van der Waals surface area contributed by atoms with Crippen molar-refractivity contribution >= 4 is 0 Å². The number of nitrogens with zero attached hydrogens (tertiary/aromatic N) is 4. The van der Waals surface area contributed by atoms with E-state index in [2.05, 4.69) is 25.1 Å². The van der Waals surface area contributed by atoms with E-state index in [0.29, 0.717) is 0 Å². The van der Waals surface area contributed by atoms with Crippen molar-refractivity contribution in [2.75, 3.05) is 13.7 Å².